The summed E-state index contributed by atoms with van der Waals surface area (Å²) in [7, 11) is 0. The summed E-state index contributed by atoms with van der Waals surface area (Å²) >= 11 is 1.17. The Kier molecular flexibility index (Phi) is 3.13. The Morgan fingerprint density at radius 1 is 1.45 bits per heavy atom. The Morgan fingerprint density at radius 2 is 2.25 bits per heavy atom. The SMILES string of the molecule is CC(=O)SC1CC(=O)N(c2cccc3[nH]c(=O)oc23)C1. The molecule has 104 valence electrons. The number of anilines is 1. The number of oxazole rings is 1. The van der Waals surface area contributed by atoms with Crippen LogP contribution in [0, 0.1) is 0 Å². The lowest BCUT2D eigenvalue weighted by molar-refractivity contribution is -0.117. The molecule has 7 heteroatoms. The van der Waals surface area contributed by atoms with Crippen LogP contribution < -0.4 is 10.7 Å². The molecule has 1 aliphatic rings. The molecule has 0 bridgehead atoms. The van der Waals surface area contributed by atoms with Gasteiger partial charge in [-0.3, -0.25) is 14.6 Å². The number of para-hydroxylation sites is 1. The number of hydrogen-bond acceptors (Lipinski definition) is 5. The van der Waals surface area contributed by atoms with Crippen molar-refractivity contribution in [3.8, 4) is 0 Å². The van der Waals surface area contributed by atoms with E-state index >= 15 is 0 Å². The van der Waals surface area contributed by atoms with Crippen molar-refractivity contribution in [1.82, 2.24) is 4.98 Å². The third kappa shape index (κ3) is 2.24. The molecule has 1 saturated heterocycles. The van der Waals surface area contributed by atoms with Crippen LogP contribution in [0.4, 0.5) is 5.69 Å². The zero-order valence-corrected chi connectivity index (χ0v) is 11.5. The third-order valence-electron chi connectivity index (χ3n) is 3.14. The molecular weight excluding hydrogens is 280 g/mol. The van der Waals surface area contributed by atoms with Crippen LogP contribution in [-0.2, 0) is 9.59 Å². The van der Waals surface area contributed by atoms with Crippen LogP contribution in [0.15, 0.2) is 27.4 Å². The van der Waals surface area contributed by atoms with E-state index in [9.17, 15) is 14.4 Å². The Hall–Kier alpha value is -2.02. The Morgan fingerprint density at radius 3 is 3.00 bits per heavy atom. The number of fused-ring (bicyclic) bond motifs is 1. The summed E-state index contributed by atoms with van der Waals surface area (Å²) in [6, 6.07) is 5.20. The van der Waals surface area contributed by atoms with E-state index in [4.69, 9.17) is 4.42 Å². The first-order valence-electron chi connectivity index (χ1n) is 6.14. The lowest BCUT2D eigenvalue weighted by atomic mass is 10.2. The molecule has 0 saturated carbocycles. The molecule has 1 aromatic carbocycles. The molecule has 6 nitrogen and oxygen atoms in total. The summed E-state index contributed by atoms with van der Waals surface area (Å²) in [5.41, 5.74) is 1.50. The van der Waals surface area contributed by atoms with E-state index in [-0.39, 0.29) is 16.3 Å². The molecule has 1 aromatic heterocycles. The molecule has 0 aliphatic carbocycles. The summed E-state index contributed by atoms with van der Waals surface area (Å²) in [6.07, 6.45) is 0.315. The number of carbonyl (C=O) groups is 2. The minimum Gasteiger partial charge on any atom is -0.406 e. The van der Waals surface area contributed by atoms with Gasteiger partial charge in [-0.1, -0.05) is 17.8 Å². The molecule has 1 amide bonds. The first kappa shape index (κ1) is 13.0. The average molecular weight is 292 g/mol. The number of H-pyrrole nitrogens is 1. The molecule has 1 fully saturated rings. The van der Waals surface area contributed by atoms with Crippen LogP contribution in [0.5, 0.6) is 0 Å². The van der Waals surface area contributed by atoms with Gasteiger partial charge in [-0.15, -0.1) is 0 Å². The Balaban J connectivity index is 1.97. The van der Waals surface area contributed by atoms with Crippen molar-refractivity contribution in [2.45, 2.75) is 18.6 Å². The van der Waals surface area contributed by atoms with Crippen LogP contribution in [-0.4, -0.2) is 27.8 Å². The molecule has 2 aromatic rings. The summed E-state index contributed by atoms with van der Waals surface area (Å²) in [5, 5.41) is -0.0584. The zero-order chi connectivity index (χ0) is 14.3. The summed E-state index contributed by atoms with van der Waals surface area (Å²) < 4.78 is 5.10. The van der Waals surface area contributed by atoms with Crippen molar-refractivity contribution in [3.63, 3.8) is 0 Å². The smallest absolute Gasteiger partial charge is 0.406 e. The fraction of sp³-hybridized carbons (Fsp3) is 0.308. The number of thioether (sulfide) groups is 1. The van der Waals surface area contributed by atoms with Gasteiger partial charge in [0, 0.05) is 25.1 Å². The number of aromatic amines is 1. The molecule has 2 heterocycles. The van der Waals surface area contributed by atoms with Gasteiger partial charge in [-0.05, 0) is 12.1 Å². The van der Waals surface area contributed by atoms with E-state index in [1.54, 1.807) is 23.1 Å². The second-order valence-corrected chi connectivity index (χ2v) is 6.09. The number of carbonyl (C=O) groups excluding carboxylic acids is 2. The molecule has 3 rings (SSSR count). The van der Waals surface area contributed by atoms with E-state index in [1.165, 1.54) is 18.7 Å². The number of hydrogen-bond donors (Lipinski definition) is 1. The quantitative estimate of drug-likeness (QED) is 0.907. The lowest BCUT2D eigenvalue weighted by Crippen LogP contribution is -2.25. The number of benzene rings is 1. The van der Waals surface area contributed by atoms with E-state index in [2.05, 4.69) is 4.98 Å². The second-order valence-electron chi connectivity index (χ2n) is 4.61. The van der Waals surface area contributed by atoms with E-state index < -0.39 is 5.76 Å². The maximum Gasteiger partial charge on any atom is 0.417 e. The molecule has 1 atom stereocenters. The third-order valence-corrected chi connectivity index (χ3v) is 4.12. The summed E-state index contributed by atoms with van der Waals surface area (Å²) in [5.74, 6) is -0.617. The van der Waals surface area contributed by atoms with Gasteiger partial charge in [-0.2, -0.15) is 0 Å². The van der Waals surface area contributed by atoms with Crippen LogP contribution in [0.1, 0.15) is 13.3 Å². The second kappa shape index (κ2) is 4.82. The van der Waals surface area contributed by atoms with Crippen LogP contribution in [0.25, 0.3) is 11.1 Å². The molecular formula is C13H12N2O4S. The van der Waals surface area contributed by atoms with Crippen molar-refractivity contribution in [3.05, 3.63) is 28.7 Å². The molecule has 1 N–H and O–H groups in total. The van der Waals surface area contributed by atoms with Crippen molar-refractivity contribution in [1.29, 1.82) is 0 Å². The molecule has 0 radical (unpaired) electrons. The first-order chi connectivity index (χ1) is 9.54. The predicted molar refractivity (Wildman–Crippen MR) is 75.9 cm³/mol. The zero-order valence-electron chi connectivity index (χ0n) is 10.7. The van der Waals surface area contributed by atoms with Crippen molar-refractivity contribution < 1.29 is 14.0 Å². The summed E-state index contributed by atoms with van der Waals surface area (Å²) in [4.78, 5) is 38.6. The predicted octanol–water partition coefficient (Wildman–Crippen LogP) is 1.51. The van der Waals surface area contributed by atoms with Crippen LogP contribution in [0.2, 0.25) is 0 Å². The number of amides is 1. The minimum absolute atomic E-state index is 0.00367. The first-order valence-corrected chi connectivity index (χ1v) is 7.02. The van der Waals surface area contributed by atoms with Gasteiger partial charge >= 0.3 is 5.76 Å². The van der Waals surface area contributed by atoms with Crippen molar-refractivity contribution in [2.75, 3.05) is 11.4 Å². The fourth-order valence-electron chi connectivity index (χ4n) is 2.39. The van der Waals surface area contributed by atoms with Gasteiger partial charge in [0.25, 0.3) is 0 Å². The van der Waals surface area contributed by atoms with Gasteiger partial charge in [0.05, 0.1) is 11.2 Å². The van der Waals surface area contributed by atoms with E-state index in [1.807, 2.05) is 0 Å². The monoisotopic (exact) mass is 292 g/mol. The molecule has 0 spiro atoms. The Labute approximate surface area is 118 Å². The van der Waals surface area contributed by atoms with Gasteiger partial charge < -0.3 is 9.32 Å². The van der Waals surface area contributed by atoms with Gasteiger partial charge in [0.1, 0.15) is 0 Å². The van der Waals surface area contributed by atoms with Gasteiger partial charge in [-0.25, -0.2) is 4.79 Å². The number of nitrogens with zero attached hydrogens (tertiary/aromatic N) is 1. The maximum absolute atomic E-state index is 12.1. The normalized spacial score (nSPS) is 18.9. The van der Waals surface area contributed by atoms with Crippen molar-refractivity contribution in [2.24, 2.45) is 0 Å². The van der Waals surface area contributed by atoms with Crippen LogP contribution >= 0.6 is 11.8 Å². The lowest BCUT2D eigenvalue weighted by Gasteiger charge is -2.16. The highest BCUT2D eigenvalue weighted by atomic mass is 32.2. The highest BCUT2D eigenvalue weighted by molar-refractivity contribution is 8.14. The highest BCUT2D eigenvalue weighted by Crippen LogP contribution is 2.32. The molecule has 20 heavy (non-hydrogen) atoms. The Bertz CT molecular complexity index is 748. The molecule has 1 unspecified atom stereocenters. The van der Waals surface area contributed by atoms with Crippen LogP contribution in [0.3, 0.4) is 0 Å². The number of nitrogens with one attached hydrogen (secondary N) is 1. The van der Waals surface area contributed by atoms with Gasteiger partial charge in [0.2, 0.25) is 5.91 Å². The molecule has 1 aliphatic heterocycles. The van der Waals surface area contributed by atoms with Gasteiger partial charge in [0.15, 0.2) is 10.7 Å². The minimum atomic E-state index is -0.547. The highest BCUT2D eigenvalue weighted by Gasteiger charge is 2.33. The standard InChI is InChI=1S/C13H12N2O4S/c1-7(16)20-8-5-11(17)15(6-8)10-4-2-3-9-12(10)19-13(18)14-9/h2-4,8H,5-6H2,1H3,(H,14,18). The average Bonchev–Trinajstić information content (AvgIpc) is 2.90. The van der Waals surface area contributed by atoms with E-state index in [0.29, 0.717) is 29.8 Å². The maximum atomic E-state index is 12.1. The largest absolute Gasteiger partial charge is 0.417 e. The number of rotatable bonds is 2. The van der Waals surface area contributed by atoms with E-state index in [0.717, 1.165) is 0 Å². The number of aromatic nitrogens is 1. The topological polar surface area (TPSA) is 83.4 Å². The van der Waals surface area contributed by atoms with Crippen molar-refractivity contribution >= 4 is 39.6 Å². The fourth-order valence-corrected chi connectivity index (χ4v) is 3.31. The summed E-state index contributed by atoms with van der Waals surface area (Å²) in [6.45, 7) is 1.93.